The number of amides is 1. The standard InChI is InChI=1S/C19H21BrN2O/c1-14-6-7-17(12-18(14)20)21-19(23)9-11-22-10-8-15-4-2-3-5-16(15)13-22/h2-7,12H,8-11,13H2,1H3,(H,21,23). The number of nitrogens with zero attached hydrogens (tertiary/aromatic N) is 1. The van der Waals surface area contributed by atoms with E-state index in [1.807, 2.05) is 25.1 Å². The van der Waals surface area contributed by atoms with E-state index in [0.717, 1.165) is 41.8 Å². The van der Waals surface area contributed by atoms with Crippen LogP contribution in [0.3, 0.4) is 0 Å². The van der Waals surface area contributed by atoms with Crippen LogP contribution in [0.25, 0.3) is 0 Å². The third-order valence-electron chi connectivity index (χ3n) is 4.32. The van der Waals surface area contributed by atoms with Crippen LogP contribution in [0.2, 0.25) is 0 Å². The molecule has 0 aliphatic carbocycles. The third-order valence-corrected chi connectivity index (χ3v) is 5.17. The zero-order valence-electron chi connectivity index (χ0n) is 13.3. The summed E-state index contributed by atoms with van der Waals surface area (Å²) in [7, 11) is 0. The van der Waals surface area contributed by atoms with Crippen molar-refractivity contribution >= 4 is 27.5 Å². The summed E-state index contributed by atoms with van der Waals surface area (Å²) in [6, 6.07) is 14.5. The smallest absolute Gasteiger partial charge is 0.225 e. The van der Waals surface area contributed by atoms with E-state index in [1.165, 1.54) is 11.1 Å². The van der Waals surface area contributed by atoms with Gasteiger partial charge in [0.1, 0.15) is 0 Å². The molecule has 0 unspecified atom stereocenters. The maximum Gasteiger partial charge on any atom is 0.225 e. The summed E-state index contributed by atoms with van der Waals surface area (Å²) < 4.78 is 1.02. The summed E-state index contributed by atoms with van der Waals surface area (Å²) in [6.45, 7) is 4.80. The largest absolute Gasteiger partial charge is 0.326 e. The van der Waals surface area contributed by atoms with E-state index in [-0.39, 0.29) is 5.91 Å². The van der Waals surface area contributed by atoms with Crippen LogP contribution in [0.4, 0.5) is 5.69 Å². The van der Waals surface area contributed by atoms with Crippen LogP contribution in [0.15, 0.2) is 46.9 Å². The van der Waals surface area contributed by atoms with E-state index in [9.17, 15) is 4.79 Å². The number of nitrogens with one attached hydrogen (secondary N) is 1. The topological polar surface area (TPSA) is 32.3 Å². The molecule has 3 rings (SSSR count). The van der Waals surface area contributed by atoms with Crippen molar-refractivity contribution in [2.45, 2.75) is 26.3 Å². The van der Waals surface area contributed by atoms with Crippen LogP contribution >= 0.6 is 15.9 Å². The molecule has 3 nitrogen and oxygen atoms in total. The van der Waals surface area contributed by atoms with Crippen LogP contribution in [0.5, 0.6) is 0 Å². The zero-order valence-corrected chi connectivity index (χ0v) is 14.9. The second-order valence-electron chi connectivity index (χ2n) is 6.06. The Morgan fingerprint density at radius 2 is 2.00 bits per heavy atom. The van der Waals surface area contributed by atoms with Gasteiger partial charge in [-0.3, -0.25) is 9.69 Å². The first-order valence-electron chi connectivity index (χ1n) is 7.97. The van der Waals surface area contributed by atoms with Crippen molar-refractivity contribution in [2.24, 2.45) is 0 Å². The zero-order chi connectivity index (χ0) is 16.2. The summed E-state index contributed by atoms with van der Waals surface area (Å²) in [5.41, 5.74) is 4.84. The van der Waals surface area contributed by atoms with Crippen LogP contribution in [-0.4, -0.2) is 23.9 Å². The number of carbonyl (C=O) groups excluding carboxylic acids is 1. The first-order valence-corrected chi connectivity index (χ1v) is 8.76. The number of rotatable bonds is 4. The Kier molecular flexibility index (Phi) is 5.13. The highest BCUT2D eigenvalue weighted by molar-refractivity contribution is 9.10. The van der Waals surface area contributed by atoms with Gasteiger partial charge in [-0.2, -0.15) is 0 Å². The summed E-state index contributed by atoms with van der Waals surface area (Å²) in [6.07, 6.45) is 1.59. The second kappa shape index (κ2) is 7.28. The average Bonchev–Trinajstić information content (AvgIpc) is 2.56. The fraction of sp³-hybridized carbons (Fsp3) is 0.316. The maximum atomic E-state index is 12.1. The molecule has 2 aromatic carbocycles. The Hall–Kier alpha value is -1.65. The van der Waals surface area contributed by atoms with Gasteiger partial charge in [0.2, 0.25) is 5.91 Å². The lowest BCUT2D eigenvalue weighted by Gasteiger charge is -2.28. The van der Waals surface area contributed by atoms with Gasteiger partial charge >= 0.3 is 0 Å². The highest BCUT2D eigenvalue weighted by atomic mass is 79.9. The molecular formula is C19H21BrN2O. The van der Waals surface area contributed by atoms with Crippen molar-refractivity contribution in [3.63, 3.8) is 0 Å². The molecule has 1 N–H and O–H groups in total. The van der Waals surface area contributed by atoms with Gasteiger partial charge in [0.05, 0.1) is 0 Å². The number of benzene rings is 2. The summed E-state index contributed by atoms with van der Waals surface area (Å²) in [5, 5.41) is 2.97. The molecule has 0 spiro atoms. The monoisotopic (exact) mass is 372 g/mol. The molecule has 0 fully saturated rings. The molecule has 120 valence electrons. The highest BCUT2D eigenvalue weighted by Crippen LogP contribution is 2.21. The van der Waals surface area contributed by atoms with Crippen LogP contribution < -0.4 is 5.32 Å². The van der Waals surface area contributed by atoms with E-state index in [4.69, 9.17) is 0 Å². The lowest BCUT2D eigenvalue weighted by molar-refractivity contribution is -0.116. The van der Waals surface area contributed by atoms with Gasteiger partial charge < -0.3 is 5.32 Å². The highest BCUT2D eigenvalue weighted by Gasteiger charge is 2.16. The normalized spacial score (nSPS) is 14.3. The first-order chi connectivity index (χ1) is 11.1. The summed E-state index contributed by atoms with van der Waals surface area (Å²) in [4.78, 5) is 14.5. The molecule has 0 aromatic heterocycles. The minimum absolute atomic E-state index is 0.0691. The lowest BCUT2D eigenvalue weighted by atomic mass is 10.00. The maximum absolute atomic E-state index is 12.1. The number of carbonyl (C=O) groups is 1. The number of hydrogen-bond acceptors (Lipinski definition) is 2. The quantitative estimate of drug-likeness (QED) is 0.874. The van der Waals surface area contributed by atoms with Gasteiger partial charge in [0.25, 0.3) is 0 Å². The molecule has 1 amide bonds. The molecule has 1 aliphatic heterocycles. The number of fused-ring (bicyclic) bond motifs is 1. The molecule has 23 heavy (non-hydrogen) atoms. The summed E-state index contributed by atoms with van der Waals surface area (Å²) >= 11 is 3.49. The van der Waals surface area contributed by atoms with Crippen LogP contribution in [0.1, 0.15) is 23.1 Å². The molecule has 0 saturated carbocycles. The molecule has 0 atom stereocenters. The second-order valence-corrected chi connectivity index (χ2v) is 6.91. The van der Waals surface area contributed by atoms with E-state index < -0.39 is 0 Å². The van der Waals surface area contributed by atoms with E-state index in [2.05, 4.69) is 50.4 Å². The van der Waals surface area contributed by atoms with E-state index in [1.54, 1.807) is 0 Å². The minimum Gasteiger partial charge on any atom is -0.326 e. The Bertz CT molecular complexity index is 714. The van der Waals surface area contributed by atoms with Crippen LogP contribution in [-0.2, 0) is 17.8 Å². The number of halogens is 1. The SMILES string of the molecule is Cc1ccc(NC(=O)CCN2CCc3ccccc3C2)cc1Br. The van der Waals surface area contributed by atoms with Gasteiger partial charge in [-0.1, -0.05) is 46.3 Å². The van der Waals surface area contributed by atoms with Gasteiger partial charge in [0.15, 0.2) is 0 Å². The van der Waals surface area contributed by atoms with Crippen molar-refractivity contribution in [1.29, 1.82) is 0 Å². The third kappa shape index (κ3) is 4.21. The molecule has 1 aliphatic rings. The molecule has 0 saturated heterocycles. The Morgan fingerprint density at radius 1 is 1.22 bits per heavy atom. The van der Waals surface area contributed by atoms with Gasteiger partial charge in [-0.05, 0) is 42.2 Å². The lowest BCUT2D eigenvalue weighted by Crippen LogP contribution is -2.33. The van der Waals surface area contributed by atoms with Crippen molar-refractivity contribution in [2.75, 3.05) is 18.4 Å². The Labute approximate surface area is 145 Å². The Morgan fingerprint density at radius 3 is 2.78 bits per heavy atom. The fourth-order valence-electron chi connectivity index (χ4n) is 2.90. The number of aryl methyl sites for hydroxylation is 1. The molecule has 0 radical (unpaired) electrons. The Balaban J connectivity index is 1.51. The fourth-order valence-corrected chi connectivity index (χ4v) is 3.28. The van der Waals surface area contributed by atoms with Crippen molar-refractivity contribution in [3.05, 3.63) is 63.6 Å². The average molecular weight is 373 g/mol. The van der Waals surface area contributed by atoms with Gasteiger partial charge in [-0.15, -0.1) is 0 Å². The molecule has 0 bridgehead atoms. The first kappa shape index (κ1) is 16.2. The molecule has 1 heterocycles. The van der Waals surface area contributed by atoms with Crippen molar-refractivity contribution < 1.29 is 4.79 Å². The van der Waals surface area contributed by atoms with E-state index >= 15 is 0 Å². The summed E-state index contributed by atoms with van der Waals surface area (Å²) in [5.74, 6) is 0.0691. The van der Waals surface area contributed by atoms with Crippen LogP contribution in [0, 0.1) is 6.92 Å². The van der Waals surface area contributed by atoms with Crippen molar-refractivity contribution in [1.82, 2.24) is 4.90 Å². The molecule has 4 heteroatoms. The van der Waals surface area contributed by atoms with Gasteiger partial charge in [-0.25, -0.2) is 0 Å². The number of anilines is 1. The molecular weight excluding hydrogens is 352 g/mol. The van der Waals surface area contributed by atoms with Crippen molar-refractivity contribution in [3.8, 4) is 0 Å². The van der Waals surface area contributed by atoms with Gasteiger partial charge in [0, 0.05) is 36.2 Å². The predicted octanol–water partition coefficient (Wildman–Crippen LogP) is 4.14. The van der Waals surface area contributed by atoms with E-state index in [0.29, 0.717) is 6.42 Å². The molecule has 2 aromatic rings. The number of hydrogen-bond donors (Lipinski definition) is 1. The minimum atomic E-state index is 0.0691. The predicted molar refractivity (Wildman–Crippen MR) is 97.5 cm³/mol.